The first kappa shape index (κ1) is 14.3. The molecule has 0 aromatic rings. The van der Waals surface area contributed by atoms with E-state index in [1.54, 1.807) is 0 Å². The maximum Gasteiger partial charge on any atom is 0.191 e. The molecule has 1 fully saturated rings. The summed E-state index contributed by atoms with van der Waals surface area (Å²) in [4.78, 5) is 4.51. The summed E-state index contributed by atoms with van der Waals surface area (Å²) in [5.41, 5.74) is 0. The molecular weight excluding hydrogens is 210 g/mol. The average Bonchev–Trinajstić information content (AvgIpc) is 2.37. The molecule has 17 heavy (non-hydrogen) atoms. The number of nitrogens with one attached hydrogen (secondary N) is 2. The molecule has 0 atom stereocenters. The van der Waals surface area contributed by atoms with Gasteiger partial charge in [0, 0.05) is 19.6 Å². The van der Waals surface area contributed by atoms with Gasteiger partial charge < -0.3 is 10.6 Å². The molecule has 1 aliphatic carbocycles. The van der Waals surface area contributed by atoms with Gasteiger partial charge in [0.05, 0.1) is 0 Å². The Bertz CT molecular complexity index is 208. The number of rotatable bonds is 6. The van der Waals surface area contributed by atoms with Crippen LogP contribution in [0.2, 0.25) is 0 Å². The number of aliphatic imine (C=N–C) groups is 1. The normalized spacial score (nSPS) is 18.1. The molecule has 0 unspecified atom stereocenters. The van der Waals surface area contributed by atoms with Gasteiger partial charge in [0.15, 0.2) is 5.96 Å². The van der Waals surface area contributed by atoms with Crippen molar-refractivity contribution < 1.29 is 0 Å². The second-order valence-electron chi connectivity index (χ2n) is 4.98. The smallest absolute Gasteiger partial charge is 0.191 e. The highest BCUT2D eigenvalue weighted by atomic mass is 15.2. The molecule has 0 heterocycles. The van der Waals surface area contributed by atoms with E-state index >= 15 is 0 Å². The highest BCUT2D eigenvalue weighted by Gasteiger charge is 2.12. The van der Waals surface area contributed by atoms with Crippen LogP contribution in [-0.4, -0.2) is 25.6 Å². The third-order valence-electron chi connectivity index (χ3n) is 3.41. The average molecular weight is 239 g/mol. The van der Waals surface area contributed by atoms with Crippen molar-refractivity contribution in [3.63, 3.8) is 0 Å². The van der Waals surface area contributed by atoms with Gasteiger partial charge in [-0.1, -0.05) is 39.0 Å². The van der Waals surface area contributed by atoms with Crippen molar-refractivity contribution in [3.8, 4) is 0 Å². The molecule has 1 rings (SSSR count). The van der Waals surface area contributed by atoms with E-state index in [2.05, 4.69) is 29.5 Å². The Hall–Kier alpha value is -0.730. The van der Waals surface area contributed by atoms with E-state index in [-0.39, 0.29) is 0 Å². The summed E-state index contributed by atoms with van der Waals surface area (Å²) >= 11 is 0. The van der Waals surface area contributed by atoms with Crippen LogP contribution < -0.4 is 10.6 Å². The summed E-state index contributed by atoms with van der Waals surface area (Å²) < 4.78 is 0. The minimum Gasteiger partial charge on any atom is -0.357 e. The first-order chi connectivity index (χ1) is 8.36. The number of guanidine groups is 1. The lowest BCUT2D eigenvalue weighted by atomic mass is 9.87. The topological polar surface area (TPSA) is 36.4 Å². The summed E-state index contributed by atoms with van der Waals surface area (Å²) in [7, 11) is 0. The molecule has 0 saturated heterocycles. The van der Waals surface area contributed by atoms with Crippen LogP contribution in [0.3, 0.4) is 0 Å². The molecule has 0 amide bonds. The van der Waals surface area contributed by atoms with Gasteiger partial charge in [0.25, 0.3) is 0 Å². The number of hydrogen-bond acceptors (Lipinski definition) is 1. The third kappa shape index (κ3) is 6.54. The van der Waals surface area contributed by atoms with Crippen LogP contribution in [0.15, 0.2) is 4.99 Å². The van der Waals surface area contributed by atoms with E-state index in [1.165, 1.54) is 38.5 Å². The fourth-order valence-electron chi connectivity index (χ4n) is 2.44. The standard InChI is InChI=1S/C14H29N3/c1-3-11-16-14(15-4-2)17-12-10-13-8-6-5-7-9-13/h13H,3-12H2,1-2H3,(H2,15,16,17). The molecule has 100 valence electrons. The predicted molar refractivity (Wildman–Crippen MR) is 75.5 cm³/mol. The fraction of sp³-hybridized carbons (Fsp3) is 0.929. The maximum atomic E-state index is 4.51. The summed E-state index contributed by atoms with van der Waals surface area (Å²) in [5, 5.41) is 6.74. The molecule has 2 N–H and O–H groups in total. The van der Waals surface area contributed by atoms with Crippen LogP contribution in [0.25, 0.3) is 0 Å². The van der Waals surface area contributed by atoms with Crippen molar-refractivity contribution in [1.82, 2.24) is 10.6 Å². The second-order valence-corrected chi connectivity index (χ2v) is 4.98. The molecule has 0 bridgehead atoms. The summed E-state index contributed by atoms with van der Waals surface area (Å²) in [6, 6.07) is 0. The minimum atomic E-state index is 0.915. The Morgan fingerprint density at radius 3 is 2.53 bits per heavy atom. The van der Waals surface area contributed by atoms with E-state index in [4.69, 9.17) is 0 Å². The van der Waals surface area contributed by atoms with Crippen LogP contribution in [0, 0.1) is 5.92 Å². The van der Waals surface area contributed by atoms with Crippen LogP contribution >= 0.6 is 0 Å². The lowest BCUT2D eigenvalue weighted by molar-refractivity contribution is 0.339. The predicted octanol–water partition coefficient (Wildman–Crippen LogP) is 2.92. The molecule has 3 heteroatoms. The van der Waals surface area contributed by atoms with Gasteiger partial charge in [-0.15, -0.1) is 0 Å². The van der Waals surface area contributed by atoms with Crippen molar-refractivity contribution in [3.05, 3.63) is 0 Å². The Kier molecular flexibility index (Phi) is 7.85. The van der Waals surface area contributed by atoms with Crippen LogP contribution in [0.1, 0.15) is 58.8 Å². The second kappa shape index (κ2) is 9.32. The van der Waals surface area contributed by atoms with Crippen molar-refractivity contribution in [2.75, 3.05) is 19.6 Å². The molecule has 0 aliphatic heterocycles. The van der Waals surface area contributed by atoms with E-state index in [1.807, 2.05) is 0 Å². The molecule has 1 saturated carbocycles. The van der Waals surface area contributed by atoms with Crippen LogP contribution in [0.5, 0.6) is 0 Å². The zero-order valence-corrected chi connectivity index (χ0v) is 11.6. The van der Waals surface area contributed by atoms with Gasteiger partial charge in [0.2, 0.25) is 0 Å². The lowest BCUT2D eigenvalue weighted by Crippen LogP contribution is -2.38. The summed E-state index contributed by atoms with van der Waals surface area (Å²) in [5.74, 6) is 1.94. The van der Waals surface area contributed by atoms with Gasteiger partial charge in [-0.25, -0.2) is 0 Å². The van der Waals surface area contributed by atoms with Crippen molar-refractivity contribution in [2.45, 2.75) is 58.8 Å². The Labute approximate surface area is 106 Å². The highest BCUT2D eigenvalue weighted by molar-refractivity contribution is 5.79. The molecule has 0 aromatic heterocycles. The van der Waals surface area contributed by atoms with Gasteiger partial charge in [-0.05, 0) is 25.7 Å². The summed E-state index contributed by atoms with van der Waals surface area (Å²) in [6.07, 6.45) is 9.61. The molecule has 1 aliphatic rings. The quantitative estimate of drug-likeness (QED) is 0.552. The van der Waals surface area contributed by atoms with Crippen molar-refractivity contribution >= 4 is 5.96 Å². The summed E-state index contributed by atoms with van der Waals surface area (Å²) in [6.45, 7) is 7.21. The van der Waals surface area contributed by atoms with Crippen LogP contribution in [-0.2, 0) is 0 Å². The van der Waals surface area contributed by atoms with E-state index in [0.717, 1.165) is 37.9 Å². The molecule has 0 radical (unpaired) electrons. The first-order valence-electron chi connectivity index (χ1n) is 7.39. The van der Waals surface area contributed by atoms with Crippen LogP contribution in [0.4, 0.5) is 0 Å². The van der Waals surface area contributed by atoms with E-state index < -0.39 is 0 Å². The Morgan fingerprint density at radius 2 is 1.88 bits per heavy atom. The number of nitrogens with zero attached hydrogens (tertiary/aromatic N) is 1. The monoisotopic (exact) mass is 239 g/mol. The zero-order valence-electron chi connectivity index (χ0n) is 11.6. The SMILES string of the molecule is CCCN=C(NCC)NCCC1CCCCC1. The Balaban J connectivity index is 2.16. The molecule has 3 nitrogen and oxygen atoms in total. The minimum absolute atomic E-state index is 0.915. The number of hydrogen-bond donors (Lipinski definition) is 2. The van der Waals surface area contributed by atoms with Gasteiger partial charge >= 0.3 is 0 Å². The molecular formula is C14H29N3. The largest absolute Gasteiger partial charge is 0.357 e. The van der Waals surface area contributed by atoms with E-state index in [9.17, 15) is 0 Å². The molecule has 0 spiro atoms. The third-order valence-corrected chi connectivity index (χ3v) is 3.41. The van der Waals surface area contributed by atoms with E-state index in [0.29, 0.717) is 0 Å². The van der Waals surface area contributed by atoms with Crippen molar-refractivity contribution in [2.24, 2.45) is 10.9 Å². The van der Waals surface area contributed by atoms with Gasteiger partial charge in [-0.2, -0.15) is 0 Å². The first-order valence-corrected chi connectivity index (χ1v) is 7.39. The van der Waals surface area contributed by atoms with Gasteiger partial charge in [0.1, 0.15) is 0 Å². The highest BCUT2D eigenvalue weighted by Crippen LogP contribution is 2.25. The maximum absolute atomic E-state index is 4.51. The molecule has 0 aromatic carbocycles. The lowest BCUT2D eigenvalue weighted by Gasteiger charge is -2.22. The van der Waals surface area contributed by atoms with Crippen molar-refractivity contribution in [1.29, 1.82) is 0 Å². The zero-order chi connectivity index (χ0) is 12.3. The van der Waals surface area contributed by atoms with Gasteiger partial charge in [-0.3, -0.25) is 4.99 Å². The fourth-order valence-corrected chi connectivity index (χ4v) is 2.44. The Morgan fingerprint density at radius 1 is 1.12 bits per heavy atom.